The van der Waals surface area contributed by atoms with E-state index < -0.39 is 0 Å². The Morgan fingerprint density at radius 2 is 2.33 bits per heavy atom. The fraction of sp³-hybridized carbons (Fsp3) is 0.600. The van der Waals surface area contributed by atoms with Gasteiger partial charge in [-0.3, -0.25) is 0 Å². The molecule has 3 heteroatoms. The SMILES string of the molecule is COc1ccc(C)cc1CC(N)CC1CCCO1. The molecule has 0 bridgehead atoms. The topological polar surface area (TPSA) is 44.5 Å². The molecular formula is C15H23NO2. The van der Waals surface area contributed by atoms with Crippen LogP contribution in [0.5, 0.6) is 5.75 Å². The molecular weight excluding hydrogens is 226 g/mol. The second-order valence-electron chi connectivity index (χ2n) is 5.15. The van der Waals surface area contributed by atoms with E-state index in [0.29, 0.717) is 6.10 Å². The number of ether oxygens (including phenoxy) is 2. The first-order chi connectivity index (χ1) is 8.69. The van der Waals surface area contributed by atoms with E-state index in [1.165, 1.54) is 17.5 Å². The normalized spacial score (nSPS) is 20.9. The van der Waals surface area contributed by atoms with Gasteiger partial charge in [0.15, 0.2) is 0 Å². The molecule has 1 fully saturated rings. The summed E-state index contributed by atoms with van der Waals surface area (Å²) in [5, 5.41) is 0. The molecule has 0 spiro atoms. The van der Waals surface area contributed by atoms with E-state index in [2.05, 4.69) is 19.1 Å². The van der Waals surface area contributed by atoms with Crippen LogP contribution in [0.2, 0.25) is 0 Å². The van der Waals surface area contributed by atoms with Crippen molar-refractivity contribution in [2.45, 2.75) is 44.8 Å². The third-order valence-corrected chi connectivity index (χ3v) is 3.51. The molecule has 1 aliphatic heterocycles. The van der Waals surface area contributed by atoms with Crippen LogP contribution in [0.3, 0.4) is 0 Å². The fourth-order valence-electron chi connectivity index (χ4n) is 2.60. The lowest BCUT2D eigenvalue weighted by atomic mass is 9.98. The van der Waals surface area contributed by atoms with Crippen molar-refractivity contribution in [2.24, 2.45) is 5.73 Å². The Morgan fingerprint density at radius 1 is 1.50 bits per heavy atom. The lowest BCUT2D eigenvalue weighted by molar-refractivity contribution is 0.0983. The van der Waals surface area contributed by atoms with Gasteiger partial charge in [0.1, 0.15) is 5.75 Å². The molecule has 2 unspecified atom stereocenters. The molecule has 18 heavy (non-hydrogen) atoms. The molecule has 1 saturated heterocycles. The molecule has 100 valence electrons. The van der Waals surface area contributed by atoms with Crippen LogP contribution in [0.1, 0.15) is 30.4 Å². The quantitative estimate of drug-likeness (QED) is 0.871. The van der Waals surface area contributed by atoms with Crippen molar-refractivity contribution in [3.63, 3.8) is 0 Å². The zero-order valence-electron chi connectivity index (χ0n) is 11.3. The second kappa shape index (κ2) is 6.21. The highest BCUT2D eigenvalue weighted by molar-refractivity contribution is 5.37. The molecule has 1 aromatic rings. The van der Waals surface area contributed by atoms with Gasteiger partial charge < -0.3 is 15.2 Å². The predicted molar refractivity (Wildman–Crippen MR) is 73.0 cm³/mol. The molecule has 1 aromatic carbocycles. The minimum atomic E-state index is 0.142. The lowest BCUT2D eigenvalue weighted by Crippen LogP contribution is -2.28. The van der Waals surface area contributed by atoms with Gasteiger partial charge in [0.2, 0.25) is 0 Å². The smallest absolute Gasteiger partial charge is 0.122 e. The van der Waals surface area contributed by atoms with E-state index in [-0.39, 0.29) is 6.04 Å². The van der Waals surface area contributed by atoms with Gasteiger partial charge in [0.25, 0.3) is 0 Å². The number of benzene rings is 1. The monoisotopic (exact) mass is 249 g/mol. The van der Waals surface area contributed by atoms with Gasteiger partial charge in [-0.05, 0) is 44.2 Å². The van der Waals surface area contributed by atoms with E-state index in [0.717, 1.165) is 31.6 Å². The van der Waals surface area contributed by atoms with Crippen LogP contribution in [0.15, 0.2) is 18.2 Å². The molecule has 1 aliphatic rings. The highest BCUT2D eigenvalue weighted by Crippen LogP contribution is 2.23. The predicted octanol–water partition coefficient (Wildman–Crippen LogP) is 2.44. The summed E-state index contributed by atoms with van der Waals surface area (Å²) in [4.78, 5) is 0. The minimum absolute atomic E-state index is 0.142. The molecule has 2 N–H and O–H groups in total. The maximum Gasteiger partial charge on any atom is 0.122 e. The van der Waals surface area contributed by atoms with Gasteiger partial charge in [-0.2, -0.15) is 0 Å². The van der Waals surface area contributed by atoms with Crippen molar-refractivity contribution in [1.29, 1.82) is 0 Å². The molecule has 1 heterocycles. The summed E-state index contributed by atoms with van der Waals surface area (Å²) in [6, 6.07) is 6.38. The summed E-state index contributed by atoms with van der Waals surface area (Å²) in [5.41, 5.74) is 8.67. The molecule has 2 atom stereocenters. The van der Waals surface area contributed by atoms with Crippen LogP contribution in [-0.4, -0.2) is 25.9 Å². The van der Waals surface area contributed by atoms with E-state index in [1.807, 2.05) is 6.07 Å². The Balaban J connectivity index is 1.96. The summed E-state index contributed by atoms with van der Waals surface area (Å²) >= 11 is 0. The van der Waals surface area contributed by atoms with Crippen LogP contribution >= 0.6 is 0 Å². The first-order valence-electron chi connectivity index (χ1n) is 6.69. The zero-order valence-corrected chi connectivity index (χ0v) is 11.3. The van der Waals surface area contributed by atoms with E-state index in [1.54, 1.807) is 7.11 Å². The van der Waals surface area contributed by atoms with Crippen LogP contribution < -0.4 is 10.5 Å². The Kier molecular flexibility index (Phi) is 4.61. The van der Waals surface area contributed by atoms with Crippen LogP contribution in [0.4, 0.5) is 0 Å². The fourth-order valence-corrected chi connectivity index (χ4v) is 2.60. The maximum atomic E-state index is 6.22. The average molecular weight is 249 g/mol. The molecule has 3 nitrogen and oxygen atoms in total. The zero-order chi connectivity index (χ0) is 13.0. The van der Waals surface area contributed by atoms with Gasteiger partial charge in [-0.1, -0.05) is 17.7 Å². The Bertz CT molecular complexity index is 386. The summed E-state index contributed by atoms with van der Waals surface area (Å²) in [6.45, 7) is 2.99. The number of hydrogen-bond donors (Lipinski definition) is 1. The number of aryl methyl sites for hydroxylation is 1. The summed E-state index contributed by atoms with van der Waals surface area (Å²) in [7, 11) is 1.71. The molecule has 0 saturated carbocycles. The molecule has 0 aromatic heterocycles. The van der Waals surface area contributed by atoms with Gasteiger partial charge in [0, 0.05) is 12.6 Å². The highest BCUT2D eigenvalue weighted by Gasteiger charge is 2.19. The minimum Gasteiger partial charge on any atom is -0.496 e. The van der Waals surface area contributed by atoms with E-state index in [4.69, 9.17) is 15.2 Å². The van der Waals surface area contributed by atoms with Crippen molar-refractivity contribution in [3.05, 3.63) is 29.3 Å². The van der Waals surface area contributed by atoms with E-state index in [9.17, 15) is 0 Å². The lowest BCUT2D eigenvalue weighted by Gasteiger charge is -2.18. The Hall–Kier alpha value is -1.06. The molecule has 0 radical (unpaired) electrons. The standard InChI is InChI=1S/C15H23NO2/c1-11-5-6-15(17-2)12(8-11)9-13(16)10-14-4-3-7-18-14/h5-6,8,13-14H,3-4,7,9-10,16H2,1-2H3. The molecule has 0 aliphatic carbocycles. The number of methoxy groups -OCH3 is 1. The Morgan fingerprint density at radius 3 is 3.00 bits per heavy atom. The van der Waals surface area contributed by atoms with Gasteiger partial charge in [0.05, 0.1) is 13.2 Å². The van der Waals surface area contributed by atoms with Crippen LogP contribution in [-0.2, 0) is 11.2 Å². The largest absolute Gasteiger partial charge is 0.496 e. The summed E-state index contributed by atoms with van der Waals surface area (Å²) < 4.78 is 11.0. The second-order valence-corrected chi connectivity index (χ2v) is 5.15. The van der Waals surface area contributed by atoms with Crippen molar-refractivity contribution in [3.8, 4) is 5.75 Å². The van der Waals surface area contributed by atoms with Crippen molar-refractivity contribution in [2.75, 3.05) is 13.7 Å². The van der Waals surface area contributed by atoms with Crippen molar-refractivity contribution >= 4 is 0 Å². The summed E-state index contributed by atoms with van der Waals surface area (Å²) in [6.07, 6.45) is 4.47. The van der Waals surface area contributed by atoms with Crippen molar-refractivity contribution in [1.82, 2.24) is 0 Å². The van der Waals surface area contributed by atoms with Gasteiger partial charge >= 0.3 is 0 Å². The summed E-state index contributed by atoms with van der Waals surface area (Å²) in [5.74, 6) is 0.934. The first kappa shape index (κ1) is 13.4. The first-order valence-corrected chi connectivity index (χ1v) is 6.69. The maximum absolute atomic E-state index is 6.22. The third kappa shape index (κ3) is 3.47. The average Bonchev–Trinajstić information content (AvgIpc) is 2.82. The van der Waals surface area contributed by atoms with E-state index >= 15 is 0 Å². The number of hydrogen-bond acceptors (Lipinski definition) is 3. The van der Waals surface area contributed by atoms with Gasteiger partial charge in [-0.25, -0.2) is 0 Å². The number of nitrogens with two attached hydrogens (primary N) is 1. The highest BCUT2D eigenvalue weighted by atomic mass is 16.5. The Labute approximate surface area is 109 Å². The number of rotatable bonds is 5. The van der Waals surface area contributed by atoms with Gasteiger partial charge in [-0.15, -0.1) is 0 Å². The van der Waals surface area contributed by atoms with Crippen LogP contribution in [0, 0.1) is 6.92 Å². The third-order valence-electron chi connectivity index (χ3n) is 3.51. The molecule has 0 amide bonds. The molecule has 2 rings (SSSR count). The van der Waals surface area contributed by atoms with Crippen molar-refractivity contribution < 1.29 is 9.47 Å². The van der Waals surface area contributed by atoms with Crippen LogP contribution in [0.25, 0.3) is 0 Å².